The average molecular weight is 910 g/mol. The molecule has 4 aromatic carbocycles. The van der Waals surface area contributed by atoms with Crippen LogP contribution in [-0.4, -0.2) is 59.3 Å². The molecule has 2 saturated heterocycles. The molecule has 2 fully saturated rings. The van der Waals surface area contributed by atoms with Crippen molar-refractivity contribution in [3.8, 4) is 0 Å². The first-order chi connectivity index (χ1) is 30.4. The highest BCUT2D eigenvalue weighted by Gasteiger charge is 2.27. The van der Waals surface area contributed by atoms with Crippen LogP contribution in [0.15, 0.2) is 84.9 Å². The van der Waals surface area contributed by atoms with Gasteiger partial charge in [0.15, 0.2) is 0 Å². The molecule has 0 bridgehead atoms. The minimum atomic E-state index is -0.218. The number of nitrogens with one attached hydrogen (secondary N) is 4. The number of halogens is 4. The van der Waals surface area contributed by atoms with Gasteiger partial charge in [0.1, 0.15) is 23.3 Å². The number of rotatable bonds is 10. The third-order valence-corrected chi connectivity index (χ3v) is 12.3. The summed E-state index contributed by atoms with van der Waals surface area (Å²) in [5, 5.41) is 17.5. The lowest BCUT2D eigenvalue weighted by Crippen LogP contribution is -2.49. The van der Waals surface area contributed by atoms with Crippen LogP contribution in [0.1, 0.15) is 89.5 Å². The number of hydrogen-bond acceptors (Lipinski definition) is 8. The van der Waals surface area contributed by atoms with Crippen LogP contribution >= 0.6 is 23.2 Å². The number of hydrogen-bond donors (Lipinski definition) is 4. The Morgan fingerprint density at radius 1 is 0.547 bits per heavy atom. The molecule has 0 spiro atoms. The summed E-state index contributed by atoms with van der Waals surface area (Å²) in [4.78, 5) is 14.4. The molecule has 0 atom stereocenters. The standard InChI is InChI=1S/2C26H32ClFN4/c2*1-17-13-20(28)14-22-23(32-11-9-21(10-12-32)31-26(2,3)4)15-24(30-25(17)22)29-16-18-5-7-19(27)8-6-18/h2*5-8,13-15,21,31H,9-12,16H2,1-4H3,(H,29,30). The quantitative estimate of drug-likeness (QED) is 0.108. The van der Waals surface area contributed by atoms with Crippen molar-refractivity contribution in [3.05, 3.63) is 129 Å². The van der Waals surface area contributed by atoms with Crippen molar-refractivity contribution in [1.29, 1.82) is 0 Å². The highest BCUT2D eigenvalue weighted by atomic mass is 35.5. The van der Waals surface area contributed by atoms with Gasteiger partial charge in [-0.15, -0.1) is 0 Å². The lowest BCUT2D eigenvalue weighted by atomic mass is 9.99. The van der Waals surface area contributed by atoms with Crippen LogP contribution in [-0.2, 0) is 13.1 Å². The van der Waals surface area contributed by atoms with E-state index in [-0.39, 0.29) is 22.7 Å². The maximum absolute atomic E-state index is 14.3. The largest absolute Gasteiger partial charge is 0.371 e. The molecule has 0 radical (unpaired) electrons. The van der Waals surface area contributed by atoms with E-state index in [9.17, 15) is 8.78 Å². The van der Waals surface area contributed by atoms with Crippen LogP contribution in [0.25, 0.3) is 21.8 Å². The molecule has 8 nitrogen and oxygen atoms in total. The van der Waals surface area contributed by atoms with Crippen molar-refractivity contribution >= 4 is 68.0 Å². The van der Waals surface area contributed by atoms with E-state index in [0.29, 0.717) is 25.2 Å². The Morgan fingerprint density at radius 3 is 1.22 bits per heavy atom. The van der Waals surface area contributed by atoms with Gasteiger partial charge in [-0.2, -0.15) is 0 Å². The Hall–Kier alpha value is -4.74. The van der Waals surface area contributed by atoms with E-state index in [0.717, 1.165) is 129 Å². The number of piperidine rings is 2. The van der Waals surface area contributed by atoms with Crippen molar-refractivity contribution in [2.24, 2.45) is 0 Å². The maximum Gasteiger partial charge on any atom is 0.129 e. The smallest absolute Gasteiger partial charge is 0.129 e. The molecule has 2 aromatic heterocycles. The third-order valence-electron chi connectivity index (χ3n) is 11.8. The van der Waals surface area contributed by atoms with E-state index in [1.165, 1.54) is 0 Å². The van der Waals surface area contributed by atoms with Crippen LogP contribution < -0.4 is 31.1 Å². The van der Waals surface area contributed by atoms with Gasteiger partial charge in [-0.05, 0) is 152 Å². The summed E-state index contributed by atoms with van der Waals surface area (Å²) in [5.41, 5.74) is 7.95. The van der Waals surface area contributed by atoms with Crippen molar-refractivity contribution in [2.45, 2.75) is 117 Å². The van der Waals surface area contributed by atoms with E-state index < -0.39 is 0 Å². The fourth-order valence-electron chi connectivity index (χ4n) is 8.93. The zero-order chi connectivity index (χ0) is 45.8. The van der Waals surface area contributed by atoms with Crippen LogP contribution in [0.5, 0.6) is 0 Å². The molecule has 12 heteroatoms. The predicted octanol–water partition coefficient (Wildman–Crippen LogP) is 12.6. The normalized spacial score (nSPS) is 15.4. The van der Waals surface area contributed by atoms with Gasteiger partial charge in [0.05, 0.1) is 11.0 Å². The zero-order valence-electron chi connectivity index (χ0n) is 38.6. The van der Waals surface area contributed by atoms with Gasteiger partial charge < -0.3 is 31.1 Å². The van der Waals surface area contributed by atoms with Crippen LogP contribution in [0, 0.1) is 25.5 Å². The number of benzene rings is 4. The number of nitrogens with zero attached hydrogens (tertiary/aromatic N) is 4. The molecule has 0 amide bonds. The van der Waals surface area contributed by atoms with Crippen molar-refractivity contribution < 1.29 is 8.78 Å². The van der Waals surface area contributed by atoms with Gasteiger partial charge in [-0.25, -0.2) is 18.7 Å². The first-order valence-electron chi connectivity index (χ1n) is 22.6. The minimum Gasteiger partial charge on any atom is -0.371 e. The fraction of sp³-hybridized carbons (Fsp3) is 0.423. The molecule has 8 rings (SSSR count). The van der Waals surface area contributed by atoms with Crippen molar-refractivity contribution in [2.75, 3.05) is 46.6 Å². The topological polar surface area (TPSA) is 80.4 Å². The Balaban J connectivity index is 0.000000191. The van der Waals surface area contributed by atoms with Crippen molar-refractivity contribution in [3.63, 3.8) is 0 Å². The average Bonchev–Trinajstić information content (AvgIpc) is 3.23. The summed E-state index contributed by atoms with van der Waals surface area (Å²) >= 11 is 12.0. The summed E-state index contributed by atoms with van der Waals surface area (Å²) in [7, 11) is 0. The SMILES string of the molecule is Cc1cc(F)cc2c(N3CCC(NC(C)(C)C)CC3)cc(NCc3ccc(Cl)cc3)nc12.Cc1cc(F)cc2c(N3CCC(NC(C)(C)C)CC3)cc(NCc3ccc(Cl)cc3)nc12. The molecule has 340 valence electrons. The summed E-state index contributed by atoms with van der Waals surface area (Å²) < 4.78 is 28.6. The van der Waals surface area contributed by atoms with Gasteiger partial charge in [-0.1, -0.05) is 47.5 Å². The van der Waals surface area contributed by atoms with Crippen LogP contribution in [0.2, 0.25) is 10.0 Å². The molecule has 2 aliphatic rings. The highest BCUT2D eigenvalue weighted by molar-refractivity contribution is 6.30. The molecule has 6 aromatic rings. The predicted molar refractivity (Wildman–Crippen MR) is 267 cm³/mol. The monoisotopic (exact) mass is 908 g/mol. The number of anilines is 4. The molecule has 64 heavy (non-hydrogen) atoms. The first kappa shape index (κ1) is 47.2. The van der Waals surface area contributed by atoms with E-state index in [4.69, 9.17) is 33.2 Å². The summed E-state index contributed by atoms with van der Waals surface area (Å²) in [6, 6.07) is 27.1. The van der Waals surface area contributed by atoms with Gasteiger partial charge in [-0.3, -0.25) is 0 Å². The van der Waals surface area contributed by atoms with E-state index in [2.05, 4.69) is 84.7 Å². The van der Waals surface area contributed by atoms with E-state index in [1.807, 2.05) is 62.4 Å². The van der Waals surface area contributed by atoms with E-state index >= 15 is 0 Å². The second-order valence-corrected chi connectivity index (χ2v) is 20.4. The number of aryl methyl sites for hydroxylation is 2. The van der Waals surface area contributed by atoms with E-state index in [1.54, 1.807) is 24.3 Å². The lowest BCUT2D eigenvalue weighted by Gasteiger charge is -2.37. The summed E-state index contributed by atoms with van der Waals surface area (Å²) in [5.74, 6) is 1.16. The third kappa shape index (κ3) is 12.7. The minimum absolute atomic E-state index is 0.106. The molecule has 2 aliphatic heterocycles. The first-order valence-corrected chi connectivity index (χ1v) is 23.3. The molecule has 0 unspecified atom stereocenters. The fourth-order valence-corrected chi connectivity index (χ4v) is 9.18. The lowest BCUT2D eigenvalue weighted by molar-refractivity contribution is 0.317. The molecule has 4 N–H and O–H groups in total. The summed E-state index contributed by atoms with van der Waals surface area (Å²) in [6.07, 6.45) is 4.23. The number of fused-ring (bicyclic) bond motifs is 2. The molecule has 0 aliphatic carbocycles. The van der Waals surface area contributed by atoms with Gasteiger partial charge in [0, 0.05) is 107 Å². The zero-order valence-corrected chi connectivity index (χ0v) is 40.1. The summed E-state index contributed by atoms with van der Waals surface area (Å²) in [6.45, 7) is 22.1. The number of pyridine rings is 2. The second-order valence-electron chi connectivity index (χ2n) is 19.6. The van der Waals surface area contributed by atoms with Crippen molar-refractivity contribution in [1.82, 2.24) is 20.6 Å². The Labute approximate surface area is 388 Å². The van der Waals surface area contributed by atoms with Crippen LogP contribution in [0.4, 0.5) is 31.8 Å². The molecular weight excluding hydrogens is 846 g/mol. The Kier molecular flexibility index (Phi) is 14.9. The Morgan fingerprint density at radius 2 is 0.891 bits per heavy atom. The molecule has 0 saturated carbocycles. The van der Waals surface area contributed by atoms with Crippen LogP contribution in [0.3, 0.4) is 0 Å². The second kappa shape index (κ2) is 20.2. The highest BCUT2D eigenvalue weighted by Crippen LogP contribution is 2.35. The van der Waals surface area contributed by atoms with Gasteiger partial charge >= 0.3 is 0 Å². The maximum atomic E-state index is 14.3. The van der Waals surface area contributed by atoms with Gasteiger partial charge in [0.2, 0.25) is 0 Å². The van der Waals surface area contributed by atoms with Gasteiger partial charge in [0.25, 0.3) is 0 Å². The Bertz CT molecular complexity index is 2340. The molecular formula is C52H64Cl2F2N8. The molecule has 4 heterocycles. The number of aromatic nitrogens is 2.